The summed E-state index contributed by atoms with van der Waals surface area (Å²) in [5.41, 5.74) is 2.75. The van der Waals surface area contributed by atoms with Crippen molar-refractivity contribution in [3.63, 3.8) is 0 Å². The first-order valence-corrected chi connectivity index (χ1v) is 7.55. The fraction of sp³-hybridized carbons (Fsp3) is 0.250. The zero-order chi connectivity index (χ0) is 15.5. The van der Waals surface area contributed by atoms with Gasteiger partial charge < -0.3 is 10.6 Å². The number of carbonyl (C=O) groups excluding carboxylic acids is 1. The van der Waals surface area contributed by atoms with Crippen molar-refractivity contribution < 1.29 is 4.79 Å². The Balaban J connectivity index is 1.63. The van der Waals surface area contributed by atoms with Crippen LogP contribution in [0.4, 0.5) is 22.0 Å². The highest BCUT2D eigenvalue weighted by molar-refractivity contribution is 6.31. The van der Waals surface area contributed by atoms with Gasteiger partial charge in [-0.15, -0.1) is 0 Å². The minimum atomic E-state index is -0.207. The van der Waals surface area contributed by atoms with Crippen molar-refractivity contribution in [1.82, 2.24) is 10.3 Å². The van der Waals surface area contributed by atoms with E-state index in [4.69, 9.17) is 11.6 Å². The molecule has 22 heavy (non-hydrogen) atoms. The van der Waals surface area contributed by atoms with Crippen molar-refractivity contribution in [3.8, 4) is 0 Å². The highest BCUT2D eigenvalue weighted by Crippen LogP contribution is 2.26. The summed E-state index contributed by atoms with van der Waals surface area (Å²) in [7, 11) is 0. The molecule has 2 amide bonds. The van der Waals surface area contributed by atoms with E-state index in [-0.39, 0.29) is 6.03 Å². The number of amides is 2. The van der Waals surface area contributed by atoms with Crippen molar-refractivity contribution in [2.45, 2.75) is 25.8 Å². The number of hydrogen-bond acceptors (Lipinski definition) is 3. The van der Waals surface area contributed by atoms with Crippen LogP contribution in [-0.2, 0) is 0 Å². The van der Waals surface area contributed by atoms with Gasteiger partial charge in [-0.2, -0.15) is 0 Å². The lowest BCUT2D eigenvalue weighted by Crippen LogP contribution is -2.30. The van der Waals surface area contributed by atoms with Gasteiger partial charge in [0.05, 0.1) is 11.9 Å². The first-order valence-electron chi connectivity index (χ1n) is 7.17. The van der Waals surface area contributed by atoms with Gasteiger partial charge in [0.15, 0.2) is 0 Å². The Morgan fingerprint density at radius 1 is 1.27 bits per heavy atom. The lowest BCUT2D eigenvalue weighted by Gasteiger charge is -2.11. The van der Waals surface area contributed by atoms with Crippen LogP contribution >= 0.6 is 11.6 Å². The van der Waals surface area contributed by atoms with Crippen LogP contribution in [-0.4, -0.2) is 17.1 Å². The molecular weight excluding hydrogens is 300 g/mol. The van der Waals surface area contributed by atoms with Crippen molar-refractivity contribution in [2.75, 3.05) is 10.6 Å². The van der Waals surface area contributed by atoms with Crippen molar-refractivity contribution in [2.24, 2.45) is 0 Å². The second-order valence-electron chi connectivity index (χ2n) is 5.34. The minimum Gasteiger partial charge on any atom is -0.354 e. The molecule has 1 aromatic heterocycles. The van der Waals surface area contributed by atoms with E-state index in [0.29, 0.717) is 16.9 Å². The number of anilines is 3. The van der Waals surface area contributed by atoms with Crippen LogP contribution in [0.1, 0.15) is 18.4 Å². The molecule has 0 unspecified atom stereocenters. The average molecular weight is 317 g/mol. The largest absolute Gasteiger partial charge is 0.354 e. The van der Waals surface area contributed by atoms with E-state index in [1.165, 1.54) is 0 Å². The standard InChI is InChI=1S/C16H17ClN4O/c1-10-13(17)3-2-4-14(10)19-12-7-8-15(18-9-12)21-16(22)20-11-5-6-11/h2-4,7-9,11,19H,5-6H2,1H3,(H2,18,20,21,22). The van der Waals surface area contributed by atoms with E-state index in [1.54, 1.807) is 12.3 Å². The first kappa shape index (κ1) is 14.7. The number of nitrogens with zero attached hydrogens (tertiary/aromatic N) is 1. The molecule has 5 nitrogen and oxygen atoms in total. The van der Waals surface area contributed by atoms with Gasteiger partial charge in [0.1, 0.15) is 5.82 Å². The molecule has 3 rings (SSSR count). The fourth-order valence-electron chi connectivity index (χ4n) is 2.01. The number of halogens is 1. The molecule has 1 fully saturated rings. The Morgan fingerprint density at radius 2 is 2.09 bits per heavy atom. The Kier molecular flexibility index (Phi) is 4.15. The lowest BCUT2D eigenvalue weighted by atomic mass is 10.2. The van der Waals surface area contributed by atoms with Gasteiger partial charge in [0.2, 0.25) is 0 Å². The summed E-state index contributed by atoms with van der Waals surface area (Å²) in [6.07, 6.45) is 3.79. The summed E-state index contributed by atoms with van der Waals surface area (Å²) in [6, 6.07) is 9.44. The van der Waals surface area contributed by atoms with Crippen LogP contribution in [0.25, 0.3) is 0 Å². The molecule has 2 aromatic rings. The number of urea groups is 1. The third kappa shape index (κ3) is 3.68. The summed E-state index contributed by atoms with van der Waals surface area (Å²) in [5.74, 6) is 0.520. The van der Waals surface area contributed by atoms with Gasteiger partial charge in [-0.1, -0.05) is 17.7 Å². The van der Waals surface area contributed by atoms with E-state index in [9.17, 15) is 4.79 Å². The number of carbonyl (C=O) groups is 1. The molecule has 0 radical (unpaired) electrons. The van der Waals surface area contributed by atoms with Crippen LogP contribution in [0.5, 0.6) is 0 Å². The quantitative estimate of drug-likeness (QED) is 0.796. The summed E-state index contributed by atoms with van der Waals surface area (Å²) in [5, 5.41) is 9.54. The van der Waals surface area contributed by atoms with Crippen LogP contribution < -0.4 is 16.0 Å². The SMILES string of the molecule is Cc1c(Cl)cccc1Nc1ccc(NC(=O)NC2CC2)nc1. The predicted octanol–water partition coefficient (Wildman–Crippen LogP) is 4.07. The topological polar surface area (TPSA) is 66.0 Å². The number of benzene rings is 1. The van der Waals surface area contributed by atoms with E-state index in [1.807, 2.05) is 31.2 Å². The number of pyridine rings is 1. The zero-order valence-corrected chi connectivity index (χ0v) is 12.9. The predicted molar refractivity (Wildman–Crippen MR) is 88.9 cm³/mol. The fourth-order valence-corrected chi connectivity index (χ4v) is 2.18. The highest BCUT2D eigenvalue weighted by Gasteiger charge is 2.23. The number of aromatic nitrogens is 1. The molecule has 114 valence electrons. The maximum Gasteiger partial charge on any atom is 0.320 e. The molecule has 0 saturated heterocycles. The molecule has 0 aliphatic heterocycles. The van der Waals surface area contributed by atoms with Gasteiger partial charge in [0, 0.05) is 16.8 Å². The summed E-state index contributed by atoms with van der Waals surface area (Å²) < 4.78 is 0. The average Bonchev–Trinajstić information content (AvgIpc) is 3.30. The van der Waals surface area contributed by atoms with Crippen molar-refractivity contribution in [1.29, 1.82) is 0 Å². The lowest BCUT2D eigenvalue weighted by molar-refractivity contribution is 0.251. The summed E-state index contributed by atoms with van der Waals surface area (Å²) in [4.78, 5) is 15.9. The molecule has 0 spiro atoms. The Bertz CT molecular complexity index is 683. The van der Waals surface area contributed by atoms with Crippen molar-refractivity contribution >= 4 is 34.8 Å². The van der Waals surface area contributed by atoms with Crippen molar-refractivity contribution in [3.05, 3.63) is 47.1 Å². The number of nitrogens with one attached hydrogen (secondary N) is 3. The van der Waals surface area contributed by atoms with E-state index >= 15 is 0 Å². The second kappa shape index (κ2) is 6.23. The second-order valence-corrected chi connectivity index (χ2v) is 5.75. The monoisotopic (exact) mass is 316 g/mol. The summed E-state index contributed by atoms with van der Waals surface area (Å²) in [6.45, 7) is 1.95. The smallest absolute Gasteiger partial charge is 0.320 e. The molecule has 6 heteroatoms. The Morgan fingerprint density at radius 3 is 2.77 bits per heavy atom. The third-order valence-corrected chi connectivity index (χ3v) is 3.87. The Hall–Kier alpha value is -2.27. The van der Waals surface area contributed by atoms with Gasteiger partial charge in [0.25, 0.3) is 0 Å². The number of rotatable bonds is 4. The maximum absolute atomic E-state index is 11.6. The minimum absolute atomic E-state index is 0.207. The van der Waals surface area contributed by atoms with E-state index < -0.39 is 0 Å². The van der Waals surface area contributed by atoms with Crippen LogP contribution in [0.3, 0.4) is 0 Å². The van der Waals surface area contributed by atoms with Gasteiger partial charge in [-0.3, -0.25) is 5.32 Å². The van der Waals surface area contributed by atoms with Gasteiger partial charge in [-0.25, -0.2) is 9.78 Å². The molecule has 0 atom stereocenters. The normalized spacial score (nSPS) is 13.5. The molecule has 1 saturated carbocycles. The molecule has 0 bridgehead atoms. The Labute approximate surface area is 134 Å². The van der Waals surface area contributed by atoms with Crippen LogP contribution in [0.2, 0.25) is 5.02 Å². The molecule has 1 aliphatic carbocycles. The molecule has 1 aliphatic rings. The highest BCUT2D eigenvalue weighted by atomic mass is 35.5. The van der Waals surface area contributed by atoms with Crippen LogP contribution in [0.15, 0.2) is 36.5 Å². The molecule has 3 N–H and O–H groups in total. The van der Waals surface area contributed by atoms with Crippen LogP contribution in [0, 0.1) is 6.92 Å². The third-order valence-electron chi connectivity index (χ3n) is 3.46. The molecular formula is C16H17ClN4O. The van der Waals surface area contributed by atoms with E-state index in [2.05, 4.69) is 20.9 Å². The van der Waals surface area contributed by atoms with E-state index in [0.717, 1.165) is 29.8 Å². The first-order chi connectivity index (χ1) is 10.6. The number of hydrogen-bond donors (Lipinski definition) is 3. The summed E-state index contributed by atoms with van der Waals surface area (Å²) >= 11 is 6.10. The van der Waals surface area contributed by atoms with Gasteiger partial charge >= 0.3 is 6.03 Å². The molecule has 1 aromatic carbocycles. The van der Waals surface area contributed by atoms with Gasteiger partial charge in [-0.05, 0) is 49.6 Å². The zero-order valence-electron chi connectivity index (χ0n) is 12.2. The maximum atomic E-state index is 11.6. The molecule has 1 heterocycles.